The van der Waals surface area contributed by atoms with Gasteiger partial charge >= 0.3 is 0 Å². The van der Waals surface area contributed by atoms with Gasteiger partial charge in [0, 0.05) is 18.2 Å². The summed E-state index contributed by atoms with van der Waals surface area (Å²) >= 11 is 0. The molecule has 0 amide bonds. The Kier molecular flexibility index (Phi) is 6.14. The first-order valence-electron chi connectivity index (χ1n) is 6.26. The van der Waals surface area contributed by atoms with Gasteiger partial charge in [-0.25, -0.2) is 0 Å². The fraction of sp³-hybridized carbons (Fsp3) is 0.538. The highest BCUT2D eigenvalue weighted by Crippen LogP contribution is 2.25. The average Bonchev–Trinajstić information content (AvgIpc) is 2.35. The number of rotatable bonds is 8. The first kappa shape index (κ1) is 14.4. The molecule has 0 aromatic heterocycles. The SMILES string of the molecule is CCCCCCOCc1cccc([N+](=O)[O-])c1N. The maximum absolute atomic E-state index is 10.7. The summed E-state index contributed by atoms with van der Waals surface area (Å²) in [4.78, 5) is 10.2. The van der Waals surface area contributed by atoms with Gasteiger partial charge < -0.3 is 10.5 Å². The van der Waals surface area contributed by atoms with Gasteiger partial charge in [0.1, 0.15) is 5.69 Å². The highest BCUT2D eigenvalue weighted by molar-refractivity contribution is 5.62. The van der Waals surface area contributed by atoms with E-state index in [9.17, 15) is 10.1 Å². The van der Waals surface area contributed by atoms with E-state index in [4.69, 9.17) is 10.5 Å². The van der Waals surface area contributed by atoms with E-state index in [1.54, 1.807) is 12.1 Å². The second-order valence-electron chi connectivity index (χ2n) is 4.22. The Balaban J connectivity index is 2.43. The summed E-state index contributed by atoms with van der Waals surface area (Å²) in [5.74, 6) is 0. The van der Waals surface area contributed by atoms with Crippen LogP contribution in [0.3, 0.4) is 0 Å². The highest BCUT2D eigenvalue weighted by atomic mass is 16.6. The smallest absolute Gasteiger partial charge is 0.292 e. The topological polar surface area (TPSA) is 78.4 Å². The van der Waals surface area contributed by atoms with Crippen molar-refractivity contribution in [2.45, 2.75) is 39.2 Å². The molecule has 5 nitrogen and oxygen atoms in total. The number of nitro groups is 1. The Labute approximate surface area is 107 Å². The number of nitro benzene ring substituents is 1. The number of hydrogen-bond acceptors (Lipinski definition) is 4. The summed E-state index contributed by atoms with van der Waals surface area (Å²) in [6, 6.07) is 4.79. The quantitative estimate of drug-likeness (QED) is 0.333. The van der Waals surface area contributed by atoms with Crippen molar-refractivity contribution < 1.29 is 9.66 Å². The van der Waals surface area contributed by atoms with Crippen LogP contribution in [0, 0.1) is 10.1 Å². The van der Waals surface area contributed by atoms with E-state index < -0.39 is 4.92 Å². The van der Waals surface area contributed by atoms with Crippen molar-refractivity contribution in [3.05, 3.63) is 33.9 Å². The first-order chi connectivity index (χ1) is 8.66. The Morgan fingerprint density at radius 3 is 2.78 bits per heavy atom. The van der Waals surface area contributed by atoms with Gasteiger partial charge in [0.2, 0.25) is 0 Å². The van der Waals surface area contributed by atoms with Gasteiger partial charge in [-0.2, -0.15) is 0 Å². The normalized spacial score (nSPS) is 10.5. The summed E-state index contributed by atoms with van der Waals surface area (Å²) in [7, 11) is 0. The predicted octanol–water partition coefficient (Wildman–Crippen LogP) is 3.27. The van der Waals surface area contributed by atoms with Crippen molar-refractivity contribution in [1.82, 2.24) is 0 Å². The molecule has 18 heavy (non-hydrogen) atoms. The summed E-state index contributed by atoms with van der Waals surface area (Å²) in [5, 5.41) is 10.7. The van der Waals surface area contributed by atoms with Crippen molar-refractivity contribution in [3.63, 3.8) is 0 Å². The Hall–Kier alpha value is -1.62. The zero-order valence-electron chi connectivity index (χ0n) is 10.7. The van der Waals surface area contributed by atoms with Gasteiger partial charge in [0.15, 0.2) is 0 Å². The molecule has 0 spiro atoms. The van der Waals surface area contributed by atoms with E-state index in [-0.39, 0.29) is 11.4 Å². The predicted molar refractivity (Wildman–Crippen MR) is 71.3 cm³/mol. The standard InChI is InChI=1S/C13H20N2O3/c1-2-3-4-5-9-18-10-11-7-6-8-12(13(11)14)15(16)17/h6-8H,2-5,9-10,14H2,1H3. The second-order valence-corrected chi connectivity index (χ2v) is 4.22. The molecule has 0 unspecified atom stereocenters. The van der Waals surface area contributed by atoms with Gasteiger partial charge in [-0.05, 0) is 6.42 Å². The number of anilines is 1. The lowest BCUT2D eigenvalue weighted by Gasteiger charge is -2.07. The van der Waals surface area contributed by atoms with Crippen molar-refractivity contribution in [2.75, 3.05) is 12.3 Å². The van der Waals surface area contributed by atoms with Crippen LogP contribution in [0.15, 0.2) is 18.2 Å². The number of nitrogens with zero attached hydrogens (tertiary/aromatic N) is 1. The molecule has 0 aliphatic rings. The van der Waals surface area contributed by atoms with Gasteiger partial charge in [0.05, 0.1) is 11.5 Å². The minimum absolute atomic E-state index is 0.0536. The lowest BCUT2D eigenvalue weighted by molar-refractivity contribution is -0.384. The summed E-state index contributed by atoms with van der Waals surface area (Å²) in [5.41, 5.74) is 6.56. The van der Waals surface area contributed by atoms with Crippen molar-refractivity contribution in [1.29, 1.82) is 0 Å². The Morgan fingerprint density at radius 2 is 2.11 bits per heavy atom. The van der Waals surface area contributed by atoms with Crippen LogP contribution in [-0.2, 0) is 11.3 Å². The molecule has 0 saturated heterocycles. The fourth-order valence-corrected chi connectivity index (χ4v) is 1.70. The minimum atomic E-state index is -0.472. The first-order valence-corrected chi connectivity index (χ1v) is 6.26. The van der Waals surface area contributed by atoms with Crippen LogP contribution in [-0.4, -0.2) is 11.5 Å². The number of nitrogens with two attached hydrogens (primary N) is 1. The highest BCUT2D eigenvalue weighted by Gasteiger charge is 2.13. The van der Waals surface area contributed by atoms with Crippen LogP contribution >= 0.6 is 0 Å². The maximum Gasteiger partial charge on any atom is 0.292 e. The third-order valence-corrected chi connectivity index (χ3v) is 2.77. The van der Waals surface area contributed by atoms with Crippen LogP contribution in [0.4, 0.5) is 11.4 Å². The van der Waals surface area contributed by atoms with E-state index in [0.29, 0.717) is 18.8 Å². The number of benzene rings is 1. The zero-order chi connectivity index (χ0) is 13.4. The van der Waals surface area contributed by atoms with Crippen molar-refractivity contribution >= 4 is 11.4 Å². The average molecular weight is 252 g/mol. The van der Waals surface area contributed by atoms with Gasteiger partial charge in [-0.1, -0.05) is 38.3 Å². The molecule has 0 aliphatic heterocycles. The minimum Gasteiger partial charge on any atom is -0.393 e. The summed E-state index contributed by atoms with van der Waals surface area (Å²) < 4.78 is 5.48. The largest absolute Gasteiger partial charge is 0.393 e. The third-order valence-electron chi connectivity index (χ3n) is 2.77. The van der Waals surface area contributed by atoms with Crippen LogP contribution in [0.25, 0.3) is 0 Å². The second kappa shape index (κ2) is 7.66. The molecule has 1 aromatic rings. The number of para-hydroxylation sites is 1. The summed E-state index contributed by atoms with van der Waals surface area (Å²) in [6.07, 6.45) is 4.57. The molecule has 0 radical (unpaired) electrons. The van der Waals surface area contributed by atoms with Crippen molar-refractivity contribution in [2.24, 2.45) is 0 Å². The summed E-state index contributed by atoms with van der Waals surface area (Å²) in [6.45, 7) is 3.16. The van der Waals surface area contributed by atoms with Gasteiger partial charge in [0.25, 0.3) is 5.69 Å². The lowest BCUT2D eigenvalue weighted by Crippen LogP contribution is -2.02. The monoisotopic (exact) mass is 252 g/mol. The van der Waals surface area contributed by atoms with E-state index in [1.807, 2.05) is 0 Å². The van der Waals surface area contributed by atoms with Crippen LogP contribution in [0.1, 0.15) is 38.2 Å². The number of hydrogen-bond donors (Lipinski definition) is 1. The number of ether oxygens (including phenoxy) is 1. The van der Waals surface area contributed by atoms with E-state index in [2.05, 4.69) is 6.92 Å². The molecular formula is C13H20N2O3. The van der Waals surface area contributed by atoms with Crippen LogP contribution < -0.4 is 5.73 Å². The Morgan fingerprint density at radius 1 is 1.33 bits per heavy atom. The van der Waals surface area contributed by atoms with Gasteiger partial charge in [-0.3, -0.25) is 10.1 Å². The molecule has 0 atom stereocenters. The maximum atomic E-state index is 10.7. The Bertz CT molecular complexity index is 394. The lowest BCUT2D eigenvalue weighted by atomic mass is 10.1. The third kappa shape index (κ3) is 4.33. The fourth-order valence-electron chi connectivity index (χ4n) is 1.70. The molecule has 0 saturated carbocycles. The molecule has 100 valence electrons. The van der Waals surface area contributed by atoms with Crippen LogP contribution in [0.5, 0.6) is 0 Å². The molecule has 0 bridgehead atoms. The van der Waals surface area contributed by atoms with Crippen molar-refractivity contribution in [3.8, 4) is 0 Å². The van der Waals surface area contributed by atoms with E-state index in [0.717, 1.165) is 12.8 Å². The molecule has 1 rings (SSSR count). The van der Waals surface area contributed by atoms with E-state index in [1.165, 1.54) is 18.9 Å². The molecule has 1 aromatic carbocycles. The zero-order valence-corrected chi connectivity index (χ0v) is 10.7. The van der Waals surface area contributed by atoms with E-state index >= 15 is 0 Å². The molecule has 0 heterocycles. The molecular weight excluding hydrogens is 232 g/mol. The molecule has 0 fully saturated rings. The molecule has 0 aliphatic carbocycles. The molecule has 5 heteroatoms. The number of unbranched alkanes of at least 4 members (excludes halogenated alkanes) is 3. The number of nitrogen functional groups attached to an aromatic ring is 1. The van der Waals surface area contributed by atoms with Gasteiger partial charge in [-0.15, -0.1) is 0 Å². The van der Waals surface area contributed by atoms with Crippen LogP contribution in [0.2, 0.25) is 0 Å². The molecule has 2 N–H and O–H groups in total.